The molecule has 2 aromatic heterocycles. The van der Waals surface area contributed by atoms with E-state index in [0.717, 1.165) is 24.6 Å². The van der Waals surface area contributed by atoms with Crippen LogP contribution >= 0.6 is 39.0 Å². The van der Waals surface area contributed by atoms with Crippen molar-refractivity contribution in [1.82, 2.24) is 9.97 Å². The summed E-state index contributed by atoms with van der Waals surface area (Å²) in [5.41, 5.74) is 0.580. The molecule has 0 aliphatic rings. The monoisotopic (exact) mass is 380 g/mol. The molecular formula is C14H9BrN2O2S2. The summed E-state index contributed by atoms with van der Waals surface area (Å²) in [6.45, 7) is 0. The number of carboxylic acids is 1. The van der Waals surface area contributed by atoms with Gasteiger partial charge in [-0.3, -0.25) is 4.79 Å². The number of rotatable bonds is 4. The quantitative estimate of drug-likeness (QED) is 0.733. The van der Waals surface area contributed by atoms with Crippen molar-refractivity contribution in [3.63, 3.8) is 0 Å². The minimum absolute atomic E-state index is 0.0500. The van der Waals surface area contributed by atoms with Gasteiger partial charge in [-0.2, -0.15) is 0 Å². The lowest BCUT2D eigenvalue weighted by molar-refractivity contribution is -0.136. The SMILES string of the molecule is O=C(O)Cc1csc(Sc2nccc3c(Br)cccc23)n1. The molecule has 0 aliphatic heterocycles. The second kappa shape index (κ2) is 6.13. The molecule has 7 heteroatoms. The highest BCUT2D eigenvalue weighted by atomic mass is 79.9. The van der Waals surface area contributed by atoms with Crippen molar-refractivity contribution in [3.05, 3.63) is 46.0 Å². The van der Waals surface area contributed by atoms with Crippen molar-refractivity contribution >= 4 is 55.8 Å². The highest BCUT2D eigenvalue weighted by molar-refractivity contribution is 9.10. The molecule has 0 atom stereocenters. The standard InChI is InChI=1S/C14H9BrN2O2S2/c15-11-3-1-2-10-9(11)4-5-16-13(10)21-14-17-8(7-20-14)6-12(18)19/h1-5,7H,6H2,(H,18,19). The highest BCUT2D eigenvalue weighted by Crippen LogP contribution is 2.35. The maximum Gasteiger partial charge on any atom is 0.309 e. The van der Waals surface area contributed by atoms with Crippen molar-refractivity contribution in [2.75, 3.05) is 0 Å². The van der Waals surface area contributed by atoms with Gasteiger partial charge in [0.1, 0.15) is 5.03 Å². The summed E-state index contributed by atoms with van der Waals surface area (Å²) in [7, 11) is 0. The Morgan fingerprint density at radius 2 is 2.19 bits per heavy atom. The molecule has 0 bridgehead atoms. The van der Waals surface area contributed by atoms with Gasteiger partial charge in [0.2, 0.25) is 0 Å². The number of benzene rings is 1. The lowest BCUT2D eigenvalue weighted by Crippen LogP contribution is -1.99. The molecule has 21 heavy (non-hydrogen) atoms. The van der Waals surface area contributed by atoms with Gasteiger partial charge in [0.25, 0.3) is 0 Å². The maximum absolute atomic E-state index is 10.7. The number of halogens is 1. The van der Waals surface area contributed by atoms with Crippen LogP contribution in [0.2, 0.25) is 0 Å². The van der Waals surface area contributed by atoms with Crippen LogP contribution in [0.3, 0.4) is 0 Å². The number of hydrogen-bond acceptors (Lipinski definition) is 5. The minimum Gasteiger partial charge on any atom is -0.481 e. The van der Waals surface area contributed by atoms with Crippen LogP contribution in [0, 0.1) is 0 Å². The molecule has 0 aliphatic carbocycles. The van der Waals surface area contributed by atoms with Crippen LogP contribution < -0.4 is 0 Å². The Morgan fingerprint density at radius 1 is 1.33 bits per heavy atom. The Bertz CT molecular complexity index is 820. The zero-order valence-corrected chi connectivity index (χ0v) is 13.8. The third-order valence-corrected chi connectivity index (χ3v) is 5.46. The van der Waals surface area contributed by atoms with Gasteiger partial charge in [0.05, 0.1) is 12.1 Å². The first-order chi connectivity index (χ1) is 10.1. The Labute approximate surface area is 137 Å². The molecule has 3 rings (SSSR count). The van der Waals surface area contributed by atoms with Crippen LogP contribution in [-0.4, -0.2) is 21.0 Å². The van der Waals surface area contributed by atoms with Gasteiger partial charge in [0, 0.05) is 26.8 Å². The van der Waals surface area contributed by atoms with Gasteiger partial charge in [-0.15, -0.1) is 11.3 Å². The Morgan fingerprint density at radius 3 is 3.00 bits per heavy atom. The van der Waals surface area contributed by atoms with E-state index in [1.165, 1.54) is 23.1 Å². The Hall–Kier alpha value is -1.44. The fourth-order valence-corrected chi connectivity index (χ4v) is 4.22. The van der Waals surface area contributed by atoms with Crippen LogP contribution in [0.25, 0.3) is 10.8 Å². The first-order valence-electron chi connectivity index (χ1n) is 6.01. The number of hydrogen-bond donors (Lipinski definition) is 1. The van der Waals surface area contributed by atoms with Crippen molar-refractivity contribution in [2.45, 2.75) is 15.8 Å². The van der Waals surface area contributed by atoms with E-state index in [4.69, 9.17) is 5.11 Å². The summed E-state index contributed by atoms with van der Waals surface area (Å²) in [5.74, 6) is -0.871. The number of carbonyl (C=O) groups is 1. The molecular weight excluding hydrogens is 372 g/mol. The van der Waals surface area contributed by atoms with Gasteiger partial charge >= 0.3 is 5.97 Å². The zero-order chi connectivity index (χ0) is 14.8. The predicted molar refractivity (Wildman–Crippen MR) is 87.0 cm³/mol. The molecule has 0 amide bonds. The van der Waals surface area contributed by atoms with Crippen LogP contribution in [0.1, 0.15) is 5.69 Å². The lowest BCUT2D eigenvalue weighted by Gasteiger charge is -2.04. The maximum atomic E-state index is 10.7. The van der Waals surface area contributed by atoms with E-state index < -0.39 is 5.97 Å². The number of nitrogens with zero attached hydrogens (tertiary/aromatic N) is 2. The van der Waals surface area contributed by atoms with E-state index in [1.807, 2.05) is 24.3 Å². The topological polar surface area (TPSA) is 63.1 Å². The molecule has 0 spiro atoms. The fraction of sp³-hybridized carbons (Fsp3) is 0.0714. The third-order valence-electron chi connectivity index (χ3n) is 2.76. The molecule has 0 saturated carbocycles. The minimum atomic E-state index is -0.871. The zero-order valence-electron chi connectivity index (χ0n) is 10.6. The van der Waals surface area contributed by atoms with Gasteiger partial charge < -0.3 is 5.11 Å². The first kappa shape index (κ1) is 14.5. The predicted octanol–water partition coefficient (Wildman–Crippen LogP) is 4.23. The molecule has 1 aromatic carbocycles. The molecule has 0 fully saturated rings. The van der Waals surface area contributed by atoms with E-state index >= 15 is 0 Å². The van der Waals surface area contributed by atoms with Crippen molar-refractivity contribution in [3.8, 4) is 0 Å². The van der Waals surface area contributed by atoms with Crippen LogP contribution in [0.15, 0.2) is 49.7 Å². The average molecular weight is 381 g/mol. The second-order valence-corrected chi connectivity index (χ2v) is 7.18. The molecule has 2 heterocycles. The summed E-state index contributed by atoms with van der Waals surface area (Å²) in [4.78, 5) is 19.4. The highest BCUT2D eigenvalue weighted by Gasteiger charge is 2.11. The van der Waals surface area contributed by atoms with E-state index in [9.17, 15) is 4.79 Å². The van der Waals surface area contributed by atoms with E-state index in [1.54, 1.807) is 11.6 Å². The largest absolute Gasteiger partial charge is 0.481 e. The summed E-state index contributed by atoms with van der Waals surface area (Å²) in [5, 5.41) is 13.6. The molecule has 0 saturated heterocycles. The third kappa shape index (κ3) is 3.25. The number of carboxylic acid groups (broad SMARTS) is 1. The summed E-state index contributed by atoms with van der Waals surface area (Å²) in [6, 6.07) is 7.93. The van der Waals surface area contributed by atoms with E-state index in [-0.39, 0.29) is 6.42 Å². The molecule has 0 radical (unpaired) electrons. The summed E-state index contributed by atoms with van der Waals surface area (Å²) < 4.78 is 1.82. The molecule has 3 aromatic rings. The average Bonchev–Trinajstić information content (AvgIpc) is 2.86. The van der Waals surface area contributed by atoms with Crippen LogP contribution in [0.4, 0.5) is 0 Å². The normalized spacial score (nSPS) is 10.9. The summed E-state index contributed by atoms with van der Waals surface area (Å²) >= 11 is 6.42. The van der Waals surface area contributed by atoms with Crippen molar-refractivity contribution < 1.29 is 9.90 Å². The number of fused-ring (bicyclic) bond motifs is 1. The smallest absolute Gasteiger partial charge is 0.309 e. The number of aliphatic carboxylic acids is 1. The lowest BCUT2D eigenvalue weighted by atomic mass is 10.2. The molecule has 1 N–H and O–H groups in total. The van der Waals surface area contributed by atoms with Gasteiger partial charge in [-0.1, -0.05) is 28.1 Å². The fourth-order valence-electron chi connectivity index (χ4n) is 1.88. The second-order valence-electron chi connectivity index (χ2n) is 4.23. The number of thiazole rings is 1. The van der Waals surface area contributed by atoms with Gasteiger partial charge in [0.15, 0.2) is 4.34 Å². The van der Waals surface area contributed by atoms with E-state index in [2.05, 4.69) is 25.9 Å². The van der Waals surface area contributed by atoms with Crippen molar-refractivity contribution in [2.24, 2.45) is 0 Å². The molecule has 0 unspecified atom stereocenters. The van der Waals surface area contributed by atoms with Crippen LogP contribution in [-0.2, 0) is 11.2 Å². The van der Waals surface area contributed by atoms with Gasteiger partial charge in [-0.25, -0.2) is 9.97 Å². The van der Waals surface area contributed by atoms with E-state index in [0.29, 0.717) is 5.69 Å². The summed E-state index contributed by atoms with van der Waals surface area (Å²) in [6.07, 6.45) is 1.72. The number of aromatic nitrogens is 2. The number of pyridine rings is 1. The van der Waals surface area contributed by atoms with Crippen molar-refractivity contribution in [1.29, 1.82) is 0 Å². The van der Waals surface area contributed by atoms with Crippen LogP contribution in [0.5, 0.6) is 0 Å². The van der Waals surface area contributed by atoms with Gasteiger partial charge in [-0.05, 0) is 23.9 Å². The first-order valence-corrected chi connectivity index (χ1v) is 8.49. The Kier molecular flexibility index (Phi) is 4.23. The Balaban J connectivity index is 1.93. The molecule has 4 nitrogen and oxygen atoms in total. The molecule has 106 valence electrons.